The summed E-state index contributed by atoms with van der Waals surface area (Å²) in [5.74, 6) is 1.08. The van der Waals surface area contributed by atoms with Crippen LogP contribution in [0.3, 0.4) is 0 Å². The molecule has 1 aromatic rings. The number of hydrogen-bond acceptors (Lipinski definition) is 3. The Balaban J connectivity index is 1.85. The van der Waals surface area contributed by atoms with E-state index in [4.69, 9.17) is 4.74 Å². The second kappa shape index (κ2) is 5.85. The molecule has 1 unspecified atom stereocenters. The van der Waals surface area contributed by atoms with E-state index >= 15 is 0 Å². The number of ether oxygens (including phenoxy) is 1. The monoisotopic (exact) mass is 279 g/mol. The summed E-state index contributed by atoms with van der Waals surface area (Å²) in [7, 11) is 0. The van der Waals surface area contributed by atoms with E-state index in [-0.39, 0.29) is 6.09 Å². The van der Waals surface area contributed by atoms with Crippen molar-refractivity contribution in [1.82, 2.24) is 15.1 Å². The number of likely N-dealkylation sites (tertiary alicyclic amines) is 1. The number of carbonyl (C=O) groups excluding carboxylic acids is 1. The molecule has 1 aliphatic rings. The van der Waals surface area contributed by atoms with Crippen LogP contribution >= 0.6 is 0 Å². The zero-order chi connectivity index (χ0) is 14.8. The fraction of sp³-hybridized carbons (Fsp3) is 0.733. The highest BCUT2D eigenvalue weighted by atomic mass is 16.6. The lowest BCUT2D eigenvalue weighted by Gasteiger charge is -2.35. The van der Waals surface area contributed by atoms with Crippen LogP contribution < -0.4 is 0 Å². The Morgan fingerprint density at radius 2 is 2.10 bits per heavy atom. The molecule has 5 nitrogen and oxygen atoms in total. The van der Waals surface area contributed by atoms with Crippen molar-refractivity contribution in [3.8, 4) is 0 Å². The van der Waals surface area contributed by atoms with Crippen LogP contribution in [0.5, 0.6) is 0 Å². The number of carbonyl (C=O) groups is 1. The molecular formula is C15H25N3O2. The Bertz CT molecular complexity index is 428. The van der Waals surface area contributed by atoms with E-state index < -0.39 is 5.60 Å². The predicted octanol–water partition coefficient (Wildman–Crippen LogP) is 3.16. The molecular weight excluding hydrogens is 254 g/mol. The van der Waals surface area contributed by atoms with Crippen LogP contribution in [0, 0.1) is 5.92 Å². The van der Waals surface area contributed by atoms with E-state index in [9.17, 15) is 4.79 Å². The third-order valence-corrected chi connectivity index (χ3v) is 3.94. The van der Waals surface area contributed by atoms with Crippen molar-refractivity contribution >= 4 is 6.09 Å². The molecule has 0 spiro atoms. The van der Waals surface area contributed by atoms with Gasteiger partial charge < -0.3 is 9.64 Å². The Hall–Kier alpha value is -1.52. The van der Waals surface area contributed by atoms with Crippen molar-refractivity contribution in [3.05, 3.63) is 18.0 Å². The van der Waals surface area contributed by atoms with Crippen molar-refractivity contribution in [1.29, 1.82) is 0 Å². The molecule has 1 atom stereocenters. The van der Waals surface area contributed by atoms with Crippen LogP contribution in [-0.2, 0) is 4.74 Å². The number of aromatic amines is 1. The zero-order valence-corrected chi connectivity index (χ0v) is 12.8. The first-order valence-corrected chi connectivity index (χ1v) is 7.33. The first kappa shape index (κ1) is 14.9. The van der Waals surface area contributed by atoms with Gasteiger partial charge in [0.25, 0.3) is 0 Å². The molecule has 0 aliphatic carbocycles. The van der Waals surface area contributed by atoms with Crippen molar-refractivity contribution in [2.45, 2.75) is 52.1 Å². The van der Waals surface area contributed by atoms with Crippen LogP contribution in [-0.4, -0.2) is 39.9 Å². The fourth-order valence-corrected chi connectivity index (χ4v) is 2.69. The Labute approximate surface area is 120 Å². The summed E-state index contributed by atoms with van der Waals surface area (Å²) in [5, 5.41) is 6.88. The van der Waals surface area contributed by atoms with Crippen LogP contribution in [0.25, 0.3) is 0 Å². The smallest absolute Gasteiger partial charge is 0.410 e. The summed E-state index contributed by atoms with van der Waals surface area (Å²) in [6.45, 7) is 9.50. The molecule has 1 aromatic heterocycles. The van der Waals surface area contributed by atoms with Gasteiger partial charge in [0, 0.05) is 19.3 Å². The average Bonchev–Trinajstić information content (AvgIpc) is 2.90. The van der Waals surface area contributed by atoms with Gasteiger partial charge >= 0.3 is 6.09 Å². The number of rotatable bonds is 2. The SMILES string of the molecule is CC(c1cn[nH]c1)C1CCN(C(=O)OC(C)(C)C)CC1. The third kappa shape index (κ3) is 3.74. The molecule has 112 valence electrons. The van der Waals surface area contributed by atoms with Gasteiger partial charge in [-0.05, 0) is 51.0 Å². The largest absolute Gasteiger partial charge is 0.444 e. The number of nitrogens with zero attached hydrogens (tertiary/aromatic N) is 2. The molecule has 1 amide bonds. The molecule has 0 radical (unpaired) electrons. The molecule has 1 saturated heterocycles. The van der Waals surface area contributed by atoms with E-state index in [1.54, 1.807) is 0 Å². The van der Waals surface area contributed by atoms with Gasteiger partial charge in [-0.15, -0.1) is 0 Å². The average molecular weight is 279 g/mol. The number of H-pyrrole nitrogens is 1. The highest BCUT2D eigenvalue weighted by Gasteiger charge is 2.29. The van der Waals surface area contributed by atoms with Crippen LogP contribution in [0.2, 0.25) is 0 Å². The summed E-state index contributed by atoms with van der Waals surface area (Å²) in [5.41, 5.74) is 0.832. The Morgan fingerprint density at radius 1 is 1.45 bits per heavy atom. The van der Waals surface area contributed by atoms with Crippen LogP contribution in [0.1, 0.15) is 52.0 Å². The van der Waals surface area contributed by atoms with Gasteiger partial charge in [-0.1, -0.05) is 6.92 Å². The predicted molar refractivity (Wildman–Crippen MR) is 77.5 cm³/mol. The first-order chi connectivity index (χ1) is 9.37. The van der Waals surface area contributed by atoms with Gasteiger partial charge in [0.05, 0.1) is 6.20 Å². The number of hydrogen-bond donors (Lipinski definition) is 1. The molecule has 1 N–H and O–H groups in total. The van der Waals surface area contributed by atoms with Crippen LogP contribution in [0.15, 0.2) is 12.4 Å². The molecule has 0 bridgehead atoms. The van der Waals surface area contributed by atoms with Gasteiger partial charge in [0.2, 0.25) is 0 Å². The molecule has 20 heavy (non-hydrogen) atoms. The number of piperidine rings is 1. The van der Waals surface area contributed by atoms with E-state index in [0.29, 0.717) is 11.8 Å². The first-order valence-electron chi connectivity index (χ1n) is 7.33. The molecule has 0 saturated carbocycles. The van der Waals surface area contributed by atoms with E-state index in [0.717, 1.165) is 25.9 Å². The summed E-state index contributed by atoms with van der Waals surface area (Å²) in [6.07, 6.45) is 5.71. The standard InChI is InChI=1S/C15H25N3O2/c1-11(13-9-16-17-10-13)12-5-7-18(8-6-12)14(19)20-15(2,3)4/h9-12H,5-8H2,1-4H3,(H,16,17). The summed E-state index contributed by atoms with van der Waals surface area (Å²) in [6, 6.07) is 0. The van der Waals surface area contributed by atoms with Gasteiger partial charge in [0.15, 0.2) is 0 Å². The van der Waals surface area contributed by atoms with E-state index in [1.807, 2.05) is 38.1 Å². The minimum Gasteiger partial charge on any atom is -0.444 e. The minimum atomic E-state index is -0.419. The molecule has 2 heterocycles. The highest BCUT2D eigenvalue weighted by molar-refractivity contribution is 5.68. The van der Waals surface area contributed by atoms with Crippen molar-refractivity contribution < 1.29 is 9.53 Å². The molecule has 0 aromatic carbocycles. The Kier molecular flexibility index (Phi) is 4.35. The van der Waals surface area contributed by atoms with Crippen LogP contribution in [0.4, 0.5) is 4.79 Å². The second-order valence-corrected chi connectivity index (χ2v) is 6.63. The van der Waals surface area contributed by atoms with Gasteiger partial charge in [0.1, 0.15) is 5.60 Å². The maximum Gasteiger partial charge on any atom is 0.410 e. The third-order valence-electron chi connectivity index (χ3n) is 3.94. The number of aromatic nitrogens is 2. The molecule has 1 fully saturated rings. The lowest BCUT2D eigenvalue weighted by atomic mass is 9.82. The van der Waals surface area contributed by atoms with E-state index in [2.05, 4.69) is 17.1 Å². The summed E-state index contributed by atoms with van der Waals surface area (Å²) >= 11 is 0. The maximum absolute atomic E-state index is 12.0. The molecule has 5 heteroatoms. The fourth-order valence-electron chi connectivity index (χ4n) is 2.69. The normalized spacial score (nSPS) is 18.9. The topological polar surface area (TPSA) is 58.2 Å². The Morgan fingerprint density at radius 3 is 2.60 bits per heavy atom. The van der Waals surface area contributed by atoms with Gasteiger partial charge in [-0.3, -0.25) is 5.10 Å². The highest BCUT2D eigenvalue weighted by Crippen LogP contribution is 2.32. The van der Waals surface area contributed by atoms with Crippen molar-refractivity contribution in [2.24, 2.45) is 5.92 Å². The molecule has 1 aliphatic heterocycles. The van der Waals surface area contributed by atoms with E-state index in [1.165, 1.54) is 5.56 Å². The quantitative estimate of drug-likeness (QED) is 0.904. The lowest BCUT2D eigenvalue weighted by molar-refractivity contribution is 0.0176. The second-order valence-electron chi connectivity index (χ2n) is 6.63. The molecule has 2 rings (SSSR count). The summed E-state index contributed by atoms with van der Waals surface area (Å²) < 4.78 is 5.42. The van der Waals surface area contributed by atoms with Crippen molar-refractivity contribution in [2.75, 3.05) is 13.1 Å². The zero-order valence-electron chi connectivity index (χ0n) is 12.8. The van der Waals surface area contributed by atoms with Crippen molar-refractivity contribution in [3.63, 3.8) is 0 Å². The summed E-state index contributed by atoms with van der Waals surface area (Å²) in [4.78, 5) is 13.8. The van der Waals surface area contributed by atoms with Gasteiger partial charge in [-0.25, -0.2) is 4.79 Å². The maximum atomic E-state index is 12.0. The number of nitrogens with one attached hydrogen (secondary N) is 1. The van der Waals surface area contributed by atoms with Gasteiger partial charge in [-0.2, -0.15) is 5.10 Å². The minimum absolute atomic E-state index is 0.188. The lowest BCUT2D eigenvalue weighted by Crippen LogP contribution is -2.42. The number of amides is 1.